The van der Waals surface area contributed by atoms with E-state index in [9.17, 15) is 0 Å². The largest absolute Gasteiger partial charge is 2.00 e. The zero-order valence-electron chi connectivity index (χ0n) is 7.00. The van der Waals surface area contributed by atoms with Gasteiger partial charge in [-0.25, -0.2) is 4.98 Å². The second-order valence-electron chi connectivity index (χ2n) is 2.23. The first-order chi connectivity index (χ1) is 5.47. The fourth-order valence-electron chi connectivity index (χ4n) is 0.968. The van der Waals surface area contributed by atoms with E-state index in [1.54, 1.807) is 6.20 Å². The molecule has 0 saturated carbocycles. The zero-order chi connectivity index (χ0) is 7.52. The molecule has 0 atom stereocenters. The van der Waals surface area contributed by atoms with Crippen molar-refractivity contribution in [1.29, 1.82) is 0 Å². The molecule has 0 spiro atoms. The standard InChI is InChI=1S/C9H7N2.BrH.Mg/c1-2-4-8(5-3-1)9-10-6-7-11-9;;/h2-7H,(H,10,11);1H;/q-1;;+2/p-1. The van der Waals surface area contributed by atoms with E-state index in [1.165, 1.54) is 0 Å². The van der Waals surface area contributed by atoms with Crippen LogP contribution in [-0.4, -0.2) is 33.0 Å². The number of halogens is 1. The Hall–Kier alpha value is -0.324. The van der Waals surface area contributed by atoms with Crippen LogP contribution >= 0.6 is 0 Å². The maximum absolute atomic E-state index is 4.12. The number of hydrogen-bond donors (Lipinski definition) is 1. The molecule has 1 aromatic heterocycles. The number of aromatic amines is 1. The number of rotatable bonds is 1. The molecule has 0 aliphatic heterocycles. The number of aromatic nitrogens is 2. The van der Waals surface area contributed by atoms with Crippen molar-refractivity contribution in [2.45, 2.75) is 0 Å². The van der Waals surface area contributed by atoms with E-state index in [4.69, 9.17) is 0 Å². The summed E-state index contributed by atoms with van der Waals surface area (Å²) in [6.07, 6.45) is 3.55. The van der Waals surface area contributed by atoms with E-state index in [2.05, 4.69) is 16.0 Å². The van der Waals surface area contributed by atoms with E-state index in [0.717, 1.165) is 11.4 Å². The predicted molar refractivity (Wildman–Crippen MR) is 48.6 cm³/mol. The minimum atomic E-state index is 0. The SMILES string of the molecule is [Br-].[Mg+2].[c-]1ccc(-c2ncc[nH]2)cc1. The summed E-state index contributed by atoms with van der Waals surface area (Å²) in [7, 11) is 0. The molecule has 2 rings (SSSR count). The summed E-state index contributed by atoms with van der Waals surface area (Å²) in [6, 6.07) is 10.6. The van der Waals surface area contributed by atoms with Crippen molar-refractivity contribution in [3.8, 4) is 11.4 Å². The second kappa shape index (κ2) is 6.18. The van der Waals surface area contributed by atoms with Crippen LogP contribution in [0.2, 0.25) is 0 Å². The van der Waals surface area contributed by atoms with Gasteiger partial charge in [0.1, 0.15) is 5.82 Å². The molecule has 1 aromatic carbocycles. The van der Waals surface area contributed by atoms with Crippen LogP contribution in [0.3, 0.4) is 0 Å². The molecule has 0 fully saturated rings. The summed E-state index contributed by atoms with van der Waals surface area (Å²) < 4.78 is 0. The summed E-state index contributed by atoms with van der Waals surface area (Å²) in [4.78, 5) is 7.15. The maximum atomic E-state index is 4.12. The molecular weight excluding hydrogens is 240 g/mol. The predicted octanol–water partition coefficient (Wildman–Crippen LogP) is -1.50. The van der Waals surface area contributed by atoms with Crippen LogP contribution in [0.1, 0.15) is 0 Å². The number of imidazole rings is 1. The quantitative estimate of drug-likeness (QED) is 0.482. The number of H-pyrrole nitrogens is 1. The number of hydrogen-bond acceptors (Lipinski definition) is 1. The van der Waals surface area contributed by atoms with E-state index in [0.29, 0.717) is 0 Å². The monoisotopic (exact) mass is 246 g/mol. The molecule has 0 amide bonds. The second-order valence-corrected chi connectivity index (χ2v) is 2.23. The third-order valence-corrected chi connectivity index (χ3v) is 1.49. The Kier molecular flexibility index (Phi) is 6.02. The minimum absolute atomic E-state index is 0. The smallest absolute Gasteiger partial charge is 1.00 e. The minimum Gasteiger partial charge on any atom is -1.00 e. The molecule has 0 unspecified atom stereocenters. The van der Waals surface area contributed by atoms with Crippen molar-refractivity contribution in [1.82, 2.24) is 9.97 Å². The third-order valence-electron chi connectivity index (χ3n) is 1.49. The molecule has 2 nitrogen and oxygen atoms in total. The molecule has 62 valence electrons. The summed E-state index contributed by atoms with van der Waals surface area (Å²) in [5, 5.41) is 0. The van der Waals surface area contributed by atoms with Crippen LogP contribution in [0.5, 0.6) is 0 Å². The van der Waals surface area contributed by atoms with Gasteiger partial charge in [-0.15, -0.1) is 0 Å². The Morgan fingerprint density at radius 1 is 1.23 bits per heavy atom. The van der Waals surface area contributed by atoms with Crippen molar-refractivity contribution < 1.29 is 17.0 Å². The van der Waals surface area contributed by atoms with Crippen LogP contribution in [-0.2, 0) is 0 Å². The third kappa shape index (κ3) is 3.13. The first-order valence-corrected chi connectivity index (χ1v) is 3.43. The van der Waals surface area contributed by atoms with Gasteiger partial charge in [-0.3, -0.25) is 0 Å². The van der Waals surface area contributed by atoms with Crippen LogP contribution in [0.4, 0.5) is 0 Å². The number of nitrogens with zero attached hydrogens (tertiary/aromatic N) is 1. The molecule has 2 aromatic rings. The Morgan fingerprint density at radius 3 is 2.46 bits per heavy atom. The Morgan fingerprint density at radius 2 is 1.92 bits per heavy atom. The van der Waals surface area contributed by atoms with Crippen LogP contribution in [0, 0.1) is 6.07 Å². The van der Waals surface area contributed by atoms with Crippen molar-refractivity contribution in [2.75, 3.05) is 0 Å². The van der Waals surface area contributed by atoms with E-state index in [1.807, 2.05) is 30.5 Å². The van der Waals surface area contributed by atoms with Crippen molar-refractivity contribution in [3.05, 3.63) is 42.7 Å². The molecular formula is C9H7BrMgN2. The molecule has 0 saturated heterocycles. The molecule has 0 aliphatic rings. The summed E-state index contributed by atoms with van der Waals surface area (Å²) in [5.41, 5.74) is 1.09. The summed E-state index contributed by atoms with van der Waals surface area (Å²) >= 11 is 0. The molecule has 4 heteroatoms. The van der Waals surface area contributed by atoms with Crippen LogP contribution < -0.4 is 17.0 Å². The van der Waals surface area contributed by atoms with Gasteiger partial charge in [-0.1, -0.05) is 5.56 Å². The fourth-order valence-corrected chi connectivity index (χ4v) is 0.968. The molecule has 0 radical (unpaired) electrons. The van der Waals surface area contributed by atoms with Gasteiger partial charge in [0.05, 0.1) is 0 Å². The molecule has 0 bridgehead atoms. The van der Waals surface area contributed by atoms with Gasteiger partial charge in [-0.2, -0.15) is 30.3 Å². The summed E-state index contributed by atoms with van der Waals surface area (Å²) in [6.45, 7) is 0. The van der Waals surface area contributed by atoms with E-state index < -0.39 is 0 Å². The Bertz CT molecular complexity index is 321. The van der Waals surface area contributed by atoms with Crippen molar-refractivity contribution in [3.63, 3.8) is 0 Å². The zero-order valence-corrected chi connectivity index (χ0v) is 10.00. The van der Waals surface area contributed by atoms with Gasteiger partial charge in [0.2, 0.25) is 0 Å². The normalized spacial score (nSPS) is 8.31. The Balaban J connectivity index is 0.000000720. The van der Waals surface area contributed by atoms with Crippen LogP contribution in [0.25, 0.3) is 11.4 Å². The van der Waals surface area contributed by atoms with Gasteiger partial charge in [0.15, 0.2) is 0 Å². The summed E-state index contributed by atoms with van der Waals surface area (Å²) in [5.74, 6) is 0.902. The van der Waals surface area contributed by atoms with Crippen molar-refractivity contribution in [2.24, 2.45) is 0 Å². The van der Waals surface area contributed by atoms with Gasteiger partial charge in [-0.05, 0) is 0 Å². The average Bonchev–Trinajstić information content (AvgIpc) is 2.58. The van der Waals surface area contributed by atoms with E-state index >= 15 is 0 Å². The maximum Gasteiger partial charge on any atom is 2.00 e. The first-order valence-electron chi connectivity index (χ1n) is 3.43. The first kappa shape index (κ1) is 12.7. The van der Waals surface area contributed by atoms with Crippen LogP contribution in [0.15, 0.2) is 36.7 Å². The number of nitrogens with one attached hydrogen (secondary N) is 1. The topological polar surface area (TPSA) is 28.7 Å². The van der Waals surface area contributed by atoms with E-state index in [-0.39, 0.29) is 40.0 Å². The van der Waals surface area contributed by atoms with Gasteiger partial charge < -0.3 is 22.0 Å². The van der Waals surface area contributed by atoms with Gasteiger partial charge >= 0.3 is 23.1 Å². The van der Waals surface area contributed by atoms with Crippen molar-refractivity contribution >= 4 is 23.1 Å². The average molecular weight is 247 g/mol. The molecule has 1 heterocycles. The molecule has 0 aliphatic carbocycles. The Labute approximate surface area is 104 Å². The van der Waals surface area contributed by atoms with Gasteiger partial charge in [0.25, 0.3) is 0 Å². The molecule has 1 N–H and O–H groups in total. The molecule has 13 heavy (non-hydrogen) atoms. The fraction of sp³-hybridized carbons (Fsp3) is 0. The number of benzene rings is 1. The van der Waals surface area contributed by atoms with Gasteiger partial charge in [0, 0.05) is 12.4 Å².